The summed E-state index contributed by atoms with van der Waals surface area (Å²) in [5, 5.41) is -1.35. The molecule has 0 radical (unpaired) electrons. The van der Waals surface area contributed by atoms with Gasteiger partial charge in [-0.15, -0.1) is 0 Å². The molecular formula is C27H45O5P. The molecule has 0 aromatic heterocycles. The first-order valence-corrected chi connectivity index (χ1v) is 13.2. The van der Waals surface area contributed by atoms with Crippen LogP contribution in [0, 0.1) is 0 Å². The first kappa shape index (κ1) is 29.6. The first-order chi connectivity index (χ1) is 14.8. The second kappa shape index (κ2) is 10.5. The zero-order valence-corrected chi connectivity index (χ0v) is 23.8. The molecule has 0 saturated carbocycles. The molecule has 0 spiro atoms. The number of methoxy groups -OCH3 is 1. The molecule has 1 aromatic carbocycles. The smallest absolute Gasteiger partial charge is 0.344 e. The number of ether oxygens (including phenoxy) is 1. The van der Waals surface area contributed by atoms with Gasteiger partial charge in [0, 0.05) is 11.1 Å². The van der Waals surface area contributed by atoms with Gasteiger partial charge in [-0.25, -0.2) is 0 Å². The summed E-state index contributed by atoms with van der Waals surface area (Å²) in [6.07, 6.45) is 2.53. The van der Waals surface area contributed by atoms with E-state index in [0.29, 0.717) is 0 Å². The highest BCUT2D eigenvalue weighted by atomic mass is 31.2. The summed E-state index contributed by atoms with van der Waals surface area (Å²) in [6, 6.07) is 4.24. The van der Waals surface area contributed by atoms with Crippen LogP contribution in [0.2, 0.25) is 0 Å². The number of hydrogen-bond donors (Lipinski definition) is 0. The molecule has 0 N–H and O–H groups in total. The Labute approximate surface area is 201 Å². The Balaban J connectivity index is 3.59. The Morgan fingerprint density at radius 3 is 1.73 bits per heavy atom. The lowest BCUT2D eigenvalue weighted by atomic mass is 9.79. The third-order valence-electron chi connectivity index (χ3n) is 5.40. The molecule has 0 bridgehead atoms. The lowest BCUT2D eigenvalue weighted by molar-refractivity contribution is -0.116. The molecule has 1 rings (SSSR count). The fourth-order valence-corrected chi connectivity index (χ4v) is 5.37. The third-order valence-corrected chi connectivity index (χ3v) is 8.38. The number of hydrogen-bond acceptors (Lipinski definition) is 5. The zero-order chi connectivity index (χ0) is 26.0. The summed E-state index contributed by atoms with van der Waals surface area (Å²) in [6.45, 7) is 23.3. The molecule has 0 atom stereocenters. The lowest BCUT2D eigenvalue weighted by Crippen LogP contribution is -2.34. The van der Waals surface area contributed by atoms with Crippen molar-refractivity contribution in [3.05, 3.63) is 34.9 Å². The van der Waals surface area contributed by atoms with E-state index in [1.807, 2.05) is 0 Å². The predicted octanol–water partition coefficient (Wildman–Crippen LogP) is 7.69. The van der Waals surface area contributed by atoms with E-state index in [2.05, 4.69) is 53.7 Å². The summed E-state index contributed by atoms with van der Waals surface area (Å²) >= 11 is 0. The summed E-state index contributed by atoms with van der Waals surface area (Å²) < 4.78 is 30.9. The van der Waals surface area contributed by atoms with E-state index >= 15 is 0 Å². The summed E-state index contributed by atoms with van der Waals surface area (Å²) in [5.74, 6) is 0.407. The van der Waals surface area contributed by atoms with E-state index in [-0.39, 0.29) is 28.8 Å². The summed E-state index contributed by atoms with van der Waals surface area (Å²) in [5.41, 5.74) is 2.80. The van der Waals surface area contributed by atoms with Gasteiger partial charge >= 0.3 is 7.60 Å². The van der Waals surface area contributed by atoms with Gasteiger partial charge in [0.05, 0.1) is 19.3 Å². The van der Waals surface area contributed by atoms with E-state index in [9.17, 15) is 9.36 Å². The first-order valence-electron chi connectivity index (χ1n) is 11.7. The normalized spacial score (nSPS) is 13.9. The lowest BCUT2D eigenvalue weighted by Gasteiger charge is -2.33. The van der Waals surface area contributed by atoms with Crippen LogP contribution >= 0.6 is 7.60 Å². The molecule has 6 heteroatoms. The molecule has 0 amide bonds. The molecule has 188 valence electrons. The van der Waals surface area contributed by atoms with E-state index < -0.39 is 12.8 Å². The minimum absolute atomic E-state index is 0.0793. The van der Waals surface area contributed by atoms with Crippen molar-refractivity contribution in [3.8, 4) is 5.75 Å². The van der Waals surface area contributed by atoms with Crippen LogP contribution in [0.1, 0.15) is 99.8 Å². The highest BCUT2D eigenvalue weighted by Gasteiger charge is 2.49. The van der Waals surface area contributed by atoms with Crippen LogP contribution in [0.3, 0.4) is 0 Å². The molecule has 33 heavy (non-hydrogen) atoms. The minimum Gasteiger partial charge on any atom is -0.496 e. The van der Waals surface area contributed by atoms with Crippen LogP contribution < -0.4 is 4.74 Å². The van der Waals surface area contributed by atoms with Gasteiger partial charge in [-0.3, -0.25) is 9.36 Å². The van der Waals surface area contributed by atoms with Gasteiger partial charge in [0.25, 0.3) is 0 Å². The Morgan fingerprint density at radius 1 is 0.879 bits per heavy atom. The molecular weight excluding hydrogens is 435 g/mol. The highest BCUT2D eigenvalue weighted by molar-refractivity contribution is 7.56. The second-order valence-electron chi connectivity index (χ2n) is 11.7. The Hall–Kier alpha value is -1.42. The van der Waals surface area contributed by atoms with Gasteiger partial charge in [0.1, 0.15) is 10.9 Å². The molecule has 5 nitrogen and oxygen atoms in total. The number of rotatable bonds is 9. The quantitative estimate of drug-likeness (QED) is 0.268. The molecule has 0 aliphatic rings. The standard InChI is InChI=1S/C27H45O5P/c1-18(2)31-33(29,32-19(3)4)27(11,12)23(28)15-14-20-16-21(25(5,6)7)17-22(24(20)30-13)26(8,9)10/h14-19H,1-13H3/b15-14+. The van der Waals surface area contributed by atoms with Crippen molar-refractivity contribution in [3.63, 3.8) is 0 Å². The van der Waals surface area contributed by atoms with E-state index in [1.165, 1.54) is 6.08 Å². The van der Waals surface area contributed by atoms with Gasteiger partial charge < -0.3 is 13.8 Å². The Kier molecular flexibility index (Phi) is 9.38. The number of benzene rings is 1. The molecule has 0 fully saturated rings. The van der Waals surface area contributed by atoms with Crippen LogP contribution in [0.25, 0.3) is 6.08 Å². The topological polar surface area (TPSA) is 61.8 Å². The van der Waals surface area contributed by atoms with Crippen LogP contribution in [0.15, 0.2) is 18.2 Å². The van der Waals surface area contributed by atoms with E-state index in [0.717, 1.165) is 22.4 Å². The van der Waals surface area contributed by atoms with E-state index in [4.69, 9.17) is 13.8 Å². The van der Waals surface area contributed by atoms with E-state index in [1.54, 1.807) is 54.7 Å². The van der Waals surface area contributed by atoms with Gasteiger partial charge in [-0.1, -0.05) is 47.6 Å². The maximum absolute atomic E-state index is 13.7. The van der Waals surface area contributed by atoms with Crippen molar-refractivity contribution >= 4 is 19.5 Å². The summed E-state index contributed by atoms with van der Waals surface area (Å²) in [4.78, 5) is 13.4. The Morgan fingerprint density at radius 2 is 1.36 bits per heavy atom. The van der Waals surface area contributed by atoms with Crippen LogP contribution in [-0.2, 0) is 29.2 Å². The third kappa shape index (κ3) is 7.28. The predicted molar refractivity (Wildman–Crippen MR) is 139 cm³/mol. The average Bonchev–Trinajstić information content (AvgIpc) is 2.62. The van der Waals surface area contributed by atoms with Gasteiger partial charge in [0.15, 0.2) is 5.78 Å². The van der Waals surface area contributed by atoms with Crippen molar-refractivity contribution in [1.82, 2.24) is 0 Å². The van der Waals surface area contributed by atoms with Crippen molar-refractivity contribution in [1.29, 1.82) is 0 Å². The highest BCUT2D eigenvalue weighted by Crippen LogP contribution is 2.61. The SMILES string of the molecule is COc1c(/C=C/C(=O)C(C)(C)P(=O)(OC(C)C)OC(C)C)cc(C(C)(C)C)cc1C(C)(C)C. The summed E-state index contributed by atoms with van der Waals surface area (Å²) in [7, 11) is -2.09. The molecule has 0 aliphatic carbocycles. The van der Waals surface area contributed by atoms with Crippen molar-refractivity contribution in [2.75, 3.05) is 7.11 Å². The number of ketones is 1. The van der Waals surface area contributed by atoms with Gasteiger partial charge in [-0.05, 0) is 76.2 Å². The van der Waals surface area contributed by atoms with Gasteiger partial charge in [-0.2, -0.15) is 0 Å². The fraction of sp³-hybridized carbons (Fsp3) is 0.667. The van der Waals surface area contributed by atoms with Crippen molar-refractivity contribution in [2.24, 2.45) is 0 Å². The molecule has 0 saturated heterocycles. The minimum atomic E-state index is -3.73. The molecule has 1 aromatic rings. The fourth-order valence-electron chi connectivity index (χ4n) is 3.34. The molecule has 0 heterocycles. The second-order valence-corrected chi connectivity index (χ2v) is 14.2. The Bertz CT molecular complexity index is 898. The average molecular weight is 481 g/mol. The zero-order valence-electron chi connectivity index (χ0n) is 23.0. The van der Waals surface area contributed by atoms with Crippen molar-refractivity contribution in [2.45, 2.75) is 111 Å². The molecule has 0 aliphatic heterocycles. The maximum Gasteiger partial charge on any atom is 0.344 e. The largest absolute Gasteiger partial charge is 0.496 e. The number of carbonyl (C=O) groups is 1. The van der Waals surface area contributed by atoms with Crippen molar-refractivity contribution < 1.29 is 23.1 Å². The van der Waals surface area contributed by atoms with Gasteiger partial charge in [0.2, 0.25) is 0 Å². The number of carbonyl (C=O) groups excluding carboxylic acids is 1. The van der Waals surface area contributed by atoms with Crippen LogP contribution in [0.5, 0.6) is 5.75 Å². The van der Waals surface area contributed by atoms with Crippen LogP contribution in [0.4, 0.5) is 0 Å². The maximum atomic E-state index is 13.7. The molecule has 0 unspecified atom stereocenters. The number of allylic oxidation sites excluding steroid dienone is 1. The van der Waals surface area contributed by atoms with Crippen LogP contribution in [-0.4, -0.2) is 30.3 Å². The monoisotopic (exact) mass is 480 g/mol.